The number of pyridine rings is 1. The molecule has 0 amide bonds. The lowest BCUT2D eigenvalue weighted by atomic mass is 10.0. The molecule has 6 nitrogen and oxygen atoms in total. The van der Waals surface area contributed by atoms with Gasteiger partial charge in [-0.2, -0.15) is 0 Å². The standard InChI is InChI=1S/C17H17N3O3S/c1-12-17-14-6-9-20(24(21,22)13-3-2-7-18-11-13)15(14)4-5-16(17)23-10-8-19-12/h2-7,9,11-12,19H,8,10H2,1H3. The van der Waals surface area contributed by atoms with Crippen LogP contribution in [0.4, 0.5) is 0 Å². The van der Waals surface area contributed by atoms with Gasteiger partial charge in [0.25, 0.3) is 10.0 Å². The number of ether oxygens (including phenoxy) is 1. The minimum atomic E-state index is -3.68. The second kappa shape index (κ2) is 5.61. The lowest BCUT2D eigenvalue weighted by Gasteiger charge is -2.14. The summed E-state index contributed by atoms with van der Waals surface area (Å²) in [6.07, 6.45) is 4.50. The predicted octanol–water partition coefficient (Wildman–Crippen LogP) is 2.32. The zero-order chi connectivity index (χ0) is 16.7. The van der Waals surface area contributed by atoms with Crippen LogP contribution < -0.4 is 10.1 Å². The lowest BCUT2D eigenvalue weighted by Crippen LogP contribution is -2.20. The normalized spacial score (nSPS) is 18.0. The van der Waals surface area contributed by atoms with Crippen molar-refractivity contribution in [2.45, 2.75) is 17.9 Å². The molecule has 0 aliphatic carbocycles. The maximum Gasteiger partial charge on any atom is 0.269 e. The fourth-order valence-electron chi connectivity index (χ4n) is 3.13. The van der Waals surface area contributed by atoms with Crippen molar-refractivity contribution in [3.8, 4) is 5.75 Å². The Bertz CT molecular complexity index is 997. The molecule has 2 aromatic heterocycles. The predicted molar refractivity (Wildman–Crippen MR) is 90.7 cm³/mol. The van der Waals surface area contributed by atoms with Crippen molar-refractivity contribution in [3.05, 3.63) is 54.5 Å². The molecule has 1 aliphatic rings. The van der Waals surface area contributed by atoms with E-state index >= 15 is 0 Å². The molecule has 1 N–H and O–H groups in total. The van der Waals surface area contributed by atoms with E-state index in [1.165, 1.54) is 10.2 Å². The van der Waals surface area contributed by atoms with Gasteiger partial charge >= 0.3 is 0 Å². The number of hydrogen-bond donors (Lipinski definition) is 1. The molecule has 7 heteroatoms. The fourth-order valence-corrected chi connectivity index (χ4v) is 4.44. The minimum Gasteiger partial charge on any atom is -0.492 e. The molecule has 124 valence electrons. The Balaban J connectivity index is 1.94. The summed E-state index contributed by atoms with van der Waals surface area (Å²) in [7, 11) is -3.68. The van der Waals surface area contributed by atoms with Crippen molar-refractivity contribution in [2.75, 3.05) is 13.2 Å². The first-order chi connectivity index (χ1) is 11.6. The van der Waals surface area contributed by atoms with Gasteiger partial charge in [-0.3, -0.25) is 4.98 Å². The van der Waals surface area contributed by atoms with E-state index in [0.29, 0.717) is 12.1 Å². The highest BCUT2D eigenvalue weighted by Crippen LogP contribution is 2.35. The molecule has 1 aromatic carbocycles. The van der Waals surface area contributed by atoms with Crippen LogP contribution in [0, 0.1) is 0 Å². The van der Waals surface area contributed by atoms with Crippen LogP contribution in [-0.4, -0.2) is 30.5 Å². The molecule has 0 bridgehead atoms. The first kappa shape index (κ1) is 15.2. The van der Waals surface area contributed by atoms with E-state index in [2.05, 4.69) is 17.2 Å². The van der Waals surface area contributed by atoms with Gasteiger partial charge in [-0.15, -0.1) is 0 Å². The van der Waals surface area contributed by atoms with Gasteiger partial charge in [-0.05, 0) is 37.3 Å². The van der Waals surface area contributed by atoms with Crippen molar-refractivity contribution in [1.29, 1.82) is 0 Å². The lowest BCUT2D eigenvalue weighted by molar-refractivity contribution is 0.325. The average Bonchev–Trinajstić information content (AvgIpc) is 2.94. The van der Waals surface area contributed by atoms with E-state index in [9.17, 15) is 8.42 Å². The molecular weight excluding hydrogens is 326 g/mol. The summed E-state index contributed by atoms with van der Waals surface area (Å²) in [4.78, 5) is 4.08. The Morgan fingerprint density at radius 2 is 2.17 bits per heavy atom. The summed E-state index contributed by atoms with van der Waals surface area (Å²) in [5.74, 6) is 0.802. The van der Waals surface area contributed by atoms with Crippen molar-refractivity contribution in [1.82, 2.24) is 14.3 Å². The summed E-state index contributed by atoms with van der Waals surface area (Å²) < 4.78 is 32.9. The molecular formula is C17H17N3O3S. The van der Waals surface area contributed by atoms with Gasteiger partial charge < -0.3 is 10.1 Å². The summed E-state index contributed by atoms with van der Waals surface area (Å²) in [5, 5.41) is 4.26. The van der Waals surface area contributed by atoms with Gasteiger partial charge in [0.1, 0.15) is 17.3 Å². The van der Waals surface area contributed by atoms with E-state index in [1.54, 1.807) is 30.6 Å². The molecule has 4 rings (SSSR count). The van der Waals surface area contributed by atoms with Crippen molar-refractivity contribution in [2.24, 2.45) is 0 Å². The number of aromatic nitrogens is 2. The SMILES string of the molecule is CC1NCCOc2ccc3c(ccn3S(=O)(=O)c3cccnc3)c21. The molecule has 0 saturated carbocycles. The molecule has 3 heterocycles. The quantitative estimate of drug-likeness (QED) is 0.773. The smallest absolute Gasteiger partial charge is 0.269 e. The van der Waals surface area contributed by atoms with E-state index < -0.39 is 10.0 Å². The molecule has 0 spiro atoms. The Labute approximate surface area is 140 Å². The van der Waals surface area contributed by atoms with Gasteiger partial charge in [-0.25, -0.2) is 12.4 Å². The van der Waals surface area contributed by atoms with Gasteiger partial charge in [0.15, 0.2) is 0 Å². The van der Waals surface area contributed by atoms with Gasteiger partial charge in [0.2, 0.25) is 0 Å². The van der Waals surface area contributed by atoms with Gasteiger partial charge in [0.05, 0.1) is 5.52 Å². The van der Waals surface area contributed by atoms with Gasteiger partial charge in [0, 0.05) is 42.1 Å². The van der Waals surface area contributed by atoms with Crippen LogP contribution in [-0.2, 0) is 10.0 Å². The monoisotopic (exact) mass is 343 g/mol. The molecule has 0 saturated heterocycles. The summed E-state index contributed by atoms with van der Waals surface area (Å²) in [5.41, 5.74) is 1.63. The van der Waals surface area contributed by atoms with Crippen molar-refractivity contribution in [3.63, 3.8) is 0 Å². The number of nitrogens with one attached hydrogen (secondary N) is 1. The maximum absolute atomic E-state index is 12.9. The topological polar surface area (TPSA) is 73.2 Å². The summed E-state index contributed by atoms with van der Waals surface area (Å²) in [6.45, 7) is 3.41. The van der Waals surface area contributed by atoms with Crippen LogP contribution >= 0.6 is 0 Å². The summed E-state index contributed by atoms with van der Waals surface area (Å²) in [6, 6.07) is 8.71. The Morgan fingerprint density at radius 3 is 2.96 bits per heavy atom. The van der Waals surface area contributed by atoms with Crippen molar-refractivity contribution < 1.29 is 13.2 Å². The second-order valence-corrected chi connectivity index (χ2v) is 7.55. The number of hydrogen-bond acceptors (Lipinski definition) is 5. The number of benzene rings is 1. The molecule has 1 aliphatic heterocycles. The Hall–Kier alpha value is -2.38. The highest BCUT2D eigenvalue weighted by Gasteiger charge is 2.24. The number of fused-ring (bicyclic) bond motifs is 3. The van der Waals surface area contributed by atoms with Crippen molar-refractivity contribution >= 4 is 20.9 Å². The molecule has 0 fully saturated rings. The van der Waals surface area contributed by atoms with E-state index in [4.69, 9.17) is 4.74 Å². The highest BCUT2D eigenvalue weighted by molar-refractivity contribution is 7.90. The zero-order valence-electron chi connectivity index (χ0n) is 13.1. The highest BCUT2D eigenvalue weighted by atomic mass is 32.2. The molecule has 0 radical (unpaired) electrons. The zero-order valence-corrected chi connectivity index (χ0v) is 14.0. The number of rotatable bonds is 2. The Kier molecular flexibility index (Phi) is 3.54. The van der Waals surface area contributed by atoms with E-state index in [0.717, 1.165) is 23.2 Å². The molecule has 1 unspecified atom stereocenters. The van der Waals surface area contributed by atoms with Crippen LogP contribution in [0.25, 0.3) is 10.9 Å². The van der Waals surface area contributed by atoms with E-state index in [-0.39, 0.29) is 10.9 Å². The van der Waals surface area contributed by atoms with Crippen LogP contribution in [0.1, 0.15) is 18.5 Å². The second-order valence-electron chi connectivity index (χ2n) is 5.74. The third-order valence-electron chi connectivity index (χ3n) is 4.27. The fraction of sp³-hybridized carbons (Fsp3) is 0.235. The molecule has 3 aromatic rings. The van der Waals surface area contributed by atoms with Crippen LogP contribution in [0.5, 0.6) is 5.75 Å². The van der Waals surface area contributed by atoms with Crippen LogP contribution in [0.3, 0.4) is 0 Å². The van der Waals surface area contributed by atoms with Gasteiger partial charge in [-0.1, -0.05) is 0 Å². The third kappa shape index (κ3) is 2.28. The third-order valence-corrected chi connectivity index (χ3v) is 5.95. The average molecular weight is 343 g/mol. The minimum absolute atomic E-state index is 0.0862. The molecule has 1 atom stereocenters. The van der Waals surface area contributed by atoms with E-state index in [1.807, 2.05) is 12.1 Å². The molecule has 24 heavy (non-hydrogen) atoms. The Morgan fingerprint density at radius 1 is 1.29 bits per heavy atom. The maximum atomic E-state index is 12.9. The van der Waals surface area contributed by atoms with Crippen LogP contribution in [0.2, 0.25) is 0 Å². The largest absolute Gasteiger partial charge is 0.492 e. The summed E-state index contributed by atoms with van der Waals surface area (Å²) >= 11 is 0. The van der Waals surface area contributed by atoms with Crippen LogP contribution in [0.15, 0.2) is 53.8 Å². The first-order valence-electron chi connectivity index (χ1n) is 7.75. The first-order valence-corrected chi connectivity index (χ1v) is 9.19. The number of nitrogens with zero attached hydrogens (tertiary/aromatic N) is 2.